The Labute approximate surface area is 157 Å². The van der Waals surface area contributed by atoms with Gasteiger partial charge in [0.25, 0.3) is 0 Å². The summed E-state index contributed by atoms with van der Waals surface area (Å²) < 4.78 is 20.9. The molecular weight excluding hydrogens is 344 g/mol. The molecule has 2 aromatic carbocycles. The maximum atomic E-state index is 13.4. The van der Waals surface area contributed by atoms with E-state index in [1.54, 1.807) is 7.11 Å². The molecule has 5 heteroatoms. The molecule has 1 unspecified atom stereocenters. The van der Waals surface area contributed by atoms with Gasteiger partial charge in [0.1, 0.15) is 16.7 Å². The van der Waals surface area contributed by atoms with E-state index in [9.17, 15) is 4.21 Å². The van der Waals surface area contributed by atoms with Gasteiger partial charge in [0, 0.05) is 13.1 Å². The average Bonchev–Trinajstić information content (AvgIpc) is 2.71. The van der Waals surface area contributed by atoms with Crippen LogP contribution in [0.3, 0.4) is 0 Å². The fraction of sp³-hybridized carbons (Fsp3) is 0.381. The van der Waals surface area contributed by atoms with Crippen molar-refractivity contribution in [2.75, 3.05) is 13.7 Å². The quantitative estimate of drug-likeness (QED) is 0.835. The molecule has 0 fully saturated rings. The molecule has 0 radical (unpaired) electrons. The first-order chi connectivity index (χ1) is 12.7. The summed E-state index contributed by atoms with van der Waals surface area (Å²) >= 11 is 0. The van der Waals surface area contributed by atoms with Crippen molar-refractivity contribution in [3.05, 3.63) is 58.1 Å². The molecule has 0 saturated heterocycles. The number of rotatable bonds is 3. The number of benzene rings is 2. The van der Waals surface area contributed by atoms with E-state index in [0.29, 0.717) is 12.1 Å². The van der Waals surface area contributed by atoms with Crippen molar-refractivity contribution in [2.45, 2.75) is 43.5 Å². The predicted molar refractivity (Wildman–Crippen MR) is 101 cm³/mol. The fourth-order valence-electron chi connectivity index (χ4n) is 4.04. The third kappa shape index (κ3) is 3.04. The van der Waals surface area contributed by atoms with Crippen molar-refractivity contribution >= 4 is 11.0 Å². The Kier molecular flexibility index (Phi) is 4.80. The van der Waals surface area contributed by atoms with Gasteiger partial charge in [-0.2, -0.15) is 5.26 Å². The van der Waals surface area contributed by atoms with Crippen LogP contribution in [0, 0.1) is 11.3 Å². The summed E-state index contributed by atoms with van der Waals surface area (Å²) in [6.07, 6.45) is 5.13. The Hall–Kier alpha value is -2.16. The Morgan fingerprint density at radius 1 is 1.08 bits per heavy atom. The molecule has 0 amide bonds. The van der Waals surface area contributed by atoms with Gasteiger partial charge in [-0.3, -0.25) is 0 Å². The minimum Gasteiger partial charge on any atom is -0.496 e. The van der Waals surface area contributed by atoms with Crippen molar-refractivity contribution < 1.29 is 8.95 Å². The molecule has 2 aliphatic rings. The lowest BCUT2D eigenvalue weighted by molar-refractivity contribution is 0.404. The van der Waals surface area contributed by atoms with E-state index in [-0.39, 0.29) is 0 Å². The van der Waals surface area contributed by atoms with Crippen molar-refractivity contribution in [3.8, 4) is 11.8 Å². The third-order valence-electron chi connectivity index (χ3n) is 5.40. The van der Waals surface area contributed by atoms with Gasteiger partial charge in [0.2, 0.25) is 0 Å². The molecule has 1 aliphatic heterocycles. The zero-order chi connectivity index (χ0) is 18.1. The molecular formula is C21H22N2O2S. The Morgan fingerprint density at radius 3 is 2.65 bits per heavy atom. The van der Waals surface area contributed by atoms with E-state index in [1.807, 2.05) is 34.6 Å². The van der Waals surface area contributed by atoms with E-state index in [2.05, 4.69) is 6.07 Å². The zero-order valence-electron chi connectivity index (χ0n) is 15.0. The normalized spacial score (nSPS) is 17.7. The first-order valence-electron chi connectivity index (χ1n) is 9.08. The summed E-state index contributed by atoms with van der Waals surface area (Å²) in [6, 6.07) is 12.0. The second kappa shape index (κ2) is 7.22. The van der Waals surface area contributed by atoms with Crippen LogP contribution in [-0.4, -0.2) is 22.2 Å². The molecule has 0 saturated carbocycles. The summed E-state index contributed by atoms with van der Waals surface area (Å²) in [4.78, 5) is 0.931. The Bertz CT molecular complexity index is 917. The molecule has 0 aromatic heterocycles. The molecule has 134 valence electrons. The van der Waals surface area contributed by atoms with Crippen LogP contribution in [-0.2, 0) is 36.8 Å². The fourth-order valence-corrected chi connectivity index (χ4v) is 5.45. The largest absolute Gasteiger partial charge is 0.496 e. The van der Waals surface area contributed by atoms with Crippen molar-refractivity contribution in [1.82, 2.24) is 4.31 Å². The highest BCUT2D eigenvalue weighted by Gasteiger charge is 2.26. The van der Waals surface area contributed by atoms with Crippen molar-refractivity contribution in [2.24, 2.45) is 0 Å². The van der Waals surface area contributed by atoms with E-state index in [1.165, 1.54) is 16.7 Å². The number of nitriles is 1. The van der Waals surface area contributed by atoms with Gasteiger partial charge in [0.15, 0.2) is 0 Å². The number of hydrogen-bond donors (Lipinski definition) is 0. The first kappa shape index (κ1) is 17.3. The molecule has 0 spiro atoms. The topological polar surface area (TPSA) is 53.3 Å². The SMILES string of the molecule is COc1ccc(S(=O)N2CCc3ccc(C#N)cc3C2)c2c1CCCC2. The van der Waals surface area contributed by atoms with Crippen LogP contribution in [0.25, 0.3) is 0 Å². The highest BCUT2D eigenvalue weighted by molar-refractivity contribution is 7.82. The van der Waals surface area contributed by atoms with Gasteiger partial charge in [-0.1, -0.05) is 6.07 Å². The number of methoxy groups -OCH3 is 1. The van der Waals surface area contributed by atoms with Crippen LogP contribution >= 0.6 is 0 Å². The van der Waals surface area contributed by atoms with Crippen LogP contribution in [0.15, 0.2) is 35.2 Å². The Balaban J connectivity index is 1.65. The van der Waals surface area contributed by atoms with Crippen molar-refractivity contribution in [1.29, 1.82) is 5.26 Å². The lowest BCUT2D eigenvalue weighted by Gasteiger charge is -2.29. The molecule has 26 heavy (non-hydrogen) atoms. The first-order valence-corrected chi connectivity index (χ1v) is 10.2. The summed E-state index contributed by atoms with van der Waals surface area (Å²) in [6.45, 7) is 1.39. The lowest BCUT2D eigenvalue weighted by Crippen LogP contribution is -2.33. The molecule has 1 aliphatic carbocycles. The zero-order valence-corrected chi connectivity index (χ0v) is 15.8. The van der Waals surface area contributed by atoms with Gasteiger partial charge >= 0.3 is 0 Å². The number of hydrogen-bond acceptors (Lipinski definition) is 3. The molecule has 0 N–H and O–H groups in total. The standard InChI is InChI=1S/C21H22N2O2S/c1-25-20-8-9-21(19-5-3-2-4-18(19)20)26(24)23-11-10-16-7-6-15(13-22)12-17(16)14-23/h6-9,12H,2-5,10-11,14H2,1H3. The summed E-state index contributed by atoms with van der Waals surface area (Å²) in [5.74, 6) is 0.920. The van der Waals surface area contributed by atoms with Crippen LogP contribution in [0.4, 0.5) is 0 Å². The summed E-state index contributed by atoms with van der Waals surface area (Å²) in [7, 11) is 0.513. The third-order valence-corrected chi connectivity index (χ3v) is 6.94. The second-order valence-corrected chi connectivity index (χ2v) is 8.34. The maximum absolute atomic E-state index is 13.4. The van der Waals surface area contributed by atoms with Gasteiger partial charge < -0.3 is 4.74 Å². The highest BCUT2D eigenvalue weighted by atomic mass is 32.2. The summed E-state index contributed by atoms with van der Waals surface area (Å²) in [5, 5.41) is 9.14. The molecule has 1 atom stereocenters. The number of ether oxygens (including phenoxy) is 1. The van der Waals surface area contributed by atoms with Gasteiger partial charge in [-0.05, 0) is 78.6 Å². The van der Waals surface area contributed by atoms with Gasteiger partial charge in [0.05, 0.1) is 23.6 Å². The summed E-state index contributed by atoms with van der Waals surface area (Å²) in [5.41, 5.74) is 5.48. The minimum absolute atomic E-state index is 0.623. The molecule has 2 aromatic rings. The van der Waals surface area contributed by atoms with Crippen LogP contribution in [0.1, 0.15) is 40.7 Å². The maximum Gasteiger partial charge on any atom is 0.128 e. The second-order valence-electron chi connectivity index (χ2n) is 6.89. The molecule has 1 heterocycles. The Morgan fingerprint density at radius 2 is 1.88 bits per heavy atom. The molecule has 4 nitrogen and oxygen atoms in total. The van der Waals surface area contributed by atoms with E-state index in [4.69, 9.17) is 10.00 Å². The highest BCUT2D eigenvalue weighted by Crippen LogP contribution is 2.35. The monoisotopic (exact) mass is 366 g/mol. The van der Waals surface area contributed by atoms with Gasteiger partial charge in [-0.25, -0.2) is 8.51 Å². The smallest absolute Gasteiger partial charge is 0.128 e. The van der Waals surface area contributed by atoms with Gasteiger partial charge in [-0.15, -0.1) is 0 Å². The van der Waals surface area contributed by atoms with Crippen molar-refractivity contribution in [3.63, 3.8) is 0 Å². The number of fused-ring (bicyclic) bond motifs is 2. The average molecular weight is 366 g/mol. The van der Waals surface area contributed by atoms with E-state index in [0.717, 1.165) is 54.9 Å². The molecule has 0 bridgehead atoms. The minimum atomic E-state index is -1.19. The van der Waals surface area contributed by atoms with Crippen LogP contribution in [0.2, 0.25) is 0 Å². The predicted octanol–water partition coefficient (Wildman–Crippen LogP) is 3.53. The van der Waals surface area contributed by atoms with E-state index >= 15 is 0 Å². The molecule has 4 rings (SSSR count). The lowest BCUT2D eigenvalue weighted by atomic mass is 9.91. The number of nitrogens with zero attached hydrogens (tertiary/aromatic N) is 2. The van der Waals surface area contributed by atoms with Crippen LogP contribution in [0.5, 0.6) is 5.75 Å². The van der Waals surface area contributed by atoms with Crippen LogP contribution < -0.4 is 4.74 Å². The van der Waals surface area contributed by atoms with E-state index < -0.39 is 11.0 Å².